The molecule has 2 aliphatic carbocycles. The van der Waals surface area contributed by atoms with Crippen LogP contribution in [-0.4, -0.2) is 22.9 Å². The molecule has 1 N–H and O–H groups in total. The van der Waals surface area contributed by atoms with Crippen LogP contribution in [0.1, 0.15) is 12.8 Å². The van der Waals surface area contributed by atoms with Gasteiger partial charge >= 0.3 is 0 Å². The number of hydrogen-bond acceptors (Lipinski definition) is 4. The van der Waals surface area contributed by atoms with Gasteiger partial charge in [-0.15, -0.1) is 11.8 Å². The molecule has 2 aliphatic rings. The molecule has 0 aliphatic heterocycles. The number of pyridine rings is 1. The summed E-state index contributed by atoms with van der Waals surface area (Å²) < 4.78 is 0. The van der Waals surface area contributed by atoms with Gasteiger partial charge in [0.2, 0.25) is 5.91 Å². The van der Waals surface area contributed by atoms with Gasteiger partial charge in [0.1, 0.15) is 0 Å². The second kappa shape index (κ2) is 6.77. The van der Waals surface area contributed by atoms with E-state index < -0.39 is 0 Å². The molecule has 2 bridgehead atoms. The van der Waals surface area contributed by atoms with E-state index in [0.29, 0.717) is 17.6 Å². The molecule has 24 heavy (non-hydrogen) atoms. The highest BCUT2D eigenvalue weighted by Gasteiger charge is 2.34. The number of fused-ring (bicyclic) bond motifs is 3. The number of amides is 1. The van der Waals surface area contributed by atoms with Crippen LogP contribution in [0.25, 0.3) is 10.9 Å². The second-order valence-corrected chi connectivity index (χ2v) is 7.39. The van der Waals surface area contributed by atoms with Gasteiger partial charge in [-0.1, -0.05) is 30.4 Å². The number of rotatable bonds is 5. The zero-order valence-corrected chi connectivity index (χ0v) is 14.1. The van der Waals surface area contributed by atoms with E-state index in [0.717, 1.165) is 28.1 Å². The summed E-state index contributed by atoms with van der Waals surface area (Å²) in [6, 6.07) is 9.97. The van der Waals surface area contributed by atoms with Gasteiger partial charge in [0.25, 0.3) is 0 Å². The summed E-state index contributed by atoms with van der Waals surface area (Å²) in [5.74, 6) is 2.07. The zero-order valence-electron chi connectivity index (χ0n) is 13.3. The molecular formula is C19H19N3OS. The van der Waals surface area contributed by atoms with Crippen molar-refractivity contribution in [3.05, 3.63) is 48.7 Å². The monoisotopic (exact) mass is 337 g/mol. The summed E-state index contributed by atoms with van der Waals surface area (Å²) in [6.07, 6.45) is 10.7. The Labute approximate surface area is 145 Å². The fourth-order valence-electron chi connectivity index (χ4n) is 3.57. The predicted molar refractivity (Wildman–Crippen MR) is 97.9 cm³/mol. The van der Waals surface area contributed by atoms with E-state index in [-0.39, 0.29) is 5.91 Å². The van der Waals surface area contributed by atoms with Crippen molar-refractivity contribution in [1.82, 2.24) is 10.4 Å². The molecule has 1 amide bonds. The van der Waals surface area contributed by atoms with Gasteiger partial charge in [-0.05, 0) is 36.8 Å². The lowest BCUT2D eigenvalue weighted by Crippen LogP contribution is -2.21. The topological polar surface area (TPSA) is 54.4 Å². The molecule has 1 saturated carbocycles. The number of para-hydroxylation sites is 1. The first-order valence-corrected chi connectivity index (χ1v) is 9.25. The minimum Gasteiger partial charge on any atom is -0.272 e. The molecule has 2 aromatic rings. The molecule has 0 spiro atoms. The Morgan fingerprint density at radius 3 is 3.04 bits per heavy atom. The van der Waals surface area contributed by atoms with Crippen LogP contribution in [0, 0.1) is 17.8 Å². The Hall–Kier alpha value is -2.14. The third kappa shape index (κ3) is 3.22. The Balaban J connectivity index is 1.31. The quantitative estimate of drug-likeness (QED) is 0.392. The third-order valence-electron chi connectivity index (χ3n) is 4.74. The number of carbonyl (C=O) groups is 1. The molecular weight excluding hydrogens is 318 g/mol. The Morgan fingerprint density at radius 1 is 1.29 bits per heavy atom. The number of thioether (sulfide) groups is 1. The van der Waals surface area contributed by atoms with Crippen molar-refractivity contribution in [3.8, 4) is 0 Å². The summed E-state index contributed by atoms with van der Waals surface area (Å²) in [5, 5.41) is 5.25. The Bertz CT molecular complexity index is 812. The van der Waals surface area contributed by atoms with Crippen LogP contribution in [-0.2, 0) is 4.79 Å². The molecule has 3 atom stereocenters. The number of allylic oxidation sites excluding steroid dienone is 2. The van der Waals surface area contributed by atoms with Gasteiger partial charge in [0.15, 0.2) is 0 Å². The van der Waals surface area contributed by atoms with E-state index >= 15 is 0 Å². The minimum atomic E-state index is -0.0807. The first-order chi connectivity index (χ1) is 11.8. The van der Waals surface area contributed by atoms with Crippen molar-refractivity contribution in [3.63, 3.8) is 0 Å². The van der Waals surface area contributed by atoms with E-state index in [9.17, 15) is 4.79 Å². The van der Waals surface area contributed by atoms with Crippen LogP contribution in [0.2, 0.25) is 0 Å². The average Bonchev–Trinajstić information content (AvgIpc) is 3.23. The lowest BCUT2D eigenvalue weighted by molar-refractivity contribution is -0.118. The molecule has 1 aromatic carbocycles. The number of aromatic nitrogens is 1. The van der Waals surface area contributed by atoms with Gasteiger partial charge in [-0.3, -0.25) is 9.78 Å². The maximum Gasteiger partial charge on any atom is 0.250 e. The van der Waals surface area contributed by atoms with Gasteiger partial charge in [-0.2, -0.15) is 5.10 Å². The summed E-state index contributed by atoms with van der Waals surface area (Å²) >= 11 is 1.49. The summed E-state index contributed by atoms with van der Waals surface area (Å²) in [5.41, 5.74) is 3.59. The highest BCUT2D eigenvalue weighted by atomic mass is 32.2. The minimum absolute atomic E-state index is 0.0807. The summed E-state index contributed by atoms with van der Waals surface area (Å²) in [4.78, 5) is 17.4. The van der Waals surface area contributed by atoms with Crippen molar-refractivity contribution in [2.75, 3.05) is 5.75 Å². The maximum absolute atomic E-state index is 12.0. The van der Waals surface area contributed by atoms with Gasteiger partial charge < -0.3 is 0 Å². The Morgan fingerprint density at radius 2 is 2.21 bits per heavy atom. The highest BCUT2D eigenvalue weighted by Crippen LogP contribution is 2.42. The first-order valence-electron chi connectivity index (χ1n) is 8.26. The second-order valence-electron chi connectivity index (χ2n) is 6.38. The molecule has 0 radical (unpaired) electrons. The molecule has 1 fully saturated rings. The average molecular weight is 337 g/mol. The van der Waals surface area contributed by atoms with E-state index in [1.54, 1.807) is 6.20 Å². The van der Waals surface area contributed by atoms with Crippen molar-refractivity contribution in [2.24, 2.45) is 22.9 Å². The fourth-order valence-corrected chi connectivity index (χ4v) is 4.40. The number of nitrogens with one attached hydrogen (secondary N) is 1. The summed E-state index contributed by atoms with van der Waals surface area (Å²) in [7, 11) is 0. The molecule has 1 heterocycles. The van der Waals surface area contributed by atoms with E-state index in [2.05, 4.69) is 27.7 Å². The van der Waals surface area contributed by atoms with Crippen LogP contribution < -0.4 is 5.43 Å². The molecule has 122 valence electrons. The van der Waals surface area contributed by atoms with E-state index in [1.807, 2.05) is 36.5 Å². The number of hydrazone groups is 1. The predicted octanol–water partition coefficient (Wildman–Crippen LogP) is 3.64. The van der Waals surface area contributed by atoms with E-state index in [4.69, 9.17) is 0 Å². The van der Waals surface area contributed by atoms with Crippen molar-refractivity contribution in [2.45, 2.75) is 17.7 Å². The Kier molecular flexibility index (Phi) is 4.34. The number of carbonyl (C=O) groups excluding carboxylic acids is 1. The van der Waals surface area contributed by atoms with Crippen molar-refractivity contribution in [1.29, 1.82) is 0 Å². The highest BCUT2D eigenvalue weighted by molar-refractivity contribution is 8.00. The van der Waals surface area contributed by atoms with Crippen LogP contribution in [0.4, 0.5) is 0 Å². The lowest BCUT2D eigenvalue weighted by atomic mass is 9.95. The number of hydrogen-bond donors (Lipinski definition) is 1. The lowest BCUT2D eigenvalue weighted by Gasteiger charge is -2.11. The summed E-state index contributed by atoms with van der Waals surface area (Å²) in [6.45, 7) is 0. The standard InChI is InChI=1S/C19H19N3OS/c23-18(22-21-11-16-10-13-6-7-15(16)9-13)12-24-17-5-1-3-14-4-2-8-20-19(14)17/h1-8,11,13,15-16H,9-10,12H2,(H,22,23). The fraction of sp³-hybridized carbons (Fsp3) is 0.316. The van der Waals surface area contributed by atoms with Gasteiger partial charge in [0, 0.05) is 28.6 Å². The molecule has 0 saturated heterocycles. The van der Waals surface area contributed by atoms with Crippen LogP contribution in [0.15, 0.2) is 58.7 Å². The van der Waals surface area contributed by atoms with E-state index in [1.165, 1.54) is 18.2 Å². The molecule has 4 rings (SSSR count). The SMILES string of the molecule is O=C(CSc1cccc2cccnc12)NN=CC1CC2C=CC1C2. The molecule has 3 unspecified atom stereocenters. The third-order valence-corrected chi connectivity index (χ3v) is 5.79. The van der Waals surface area contributed by atoms with Crippen LogP contribution >= 0.6 is 11.8 Å². The van der Waals surface area contributed by atoms with Gasteiger partial charge in [-0.25, -0.2) is 5.43 Å². The smallest absolute Gasteiger partial charge is 0.250 e. The number of nitrogens with zero attached hydrogens (tertiary/aromatic N) is 2. The van der Waals surface area contributed by atoms with Gasteiger partial charge in [0.05, 0.1) is 11.3 Å². The number of benzene rings is 1. The molecule has 4 nitrogen and oxygen atoms in total. The first kappa shape index (κ1) is 15.4. The normalized spacial score (nSPS) is 24.9. The molecule has 5 heteroatoms. The maximum atomic E-state index is 12.0. The van der Waals surface area contributed by atoms with Crippen molar-refractivity contribution >= 4 is 34.8 Å². The van der Waals surface area contributed by atoms with Crippen molar-refractivity contribution < 1.29 is 4.79 Å². The molecule has 1 aromatic heterocycles. The largest absolute Gasteiger partial charge is 0.272 e. The van der Waals surface area contributed by atoms with Crippen LogP contribution in [0.3, 0.4) is 0 Å². The van der Waals surface area contributed by atoms with Crippen LogP contribution in [0.5, 0.6) is 0 Å². The zero-order chi connectivity index (χ0) is 16.4.